The predicted molar refractivity (Wildman–Crippen MR) is 89.5 cm³/mol. The molecular weight excluding hydrogens is 334 g/mol. The molecule has 0 fully saturated rings. The number of aromatic nitrogens is 2. The third-order valence-corrected chi connectivity index (χ3v) is 4.89. The van der Waals surface area contributed by atoms with E-state index in [1.807, 2.05) is 29.6 Å². The van der Waals surface area contributed by atoms with Crippen molar-refractivity contribution in [1.29, 1.82) is 0 Å². The molecule has 0 saturated heterocycles. The third-order valence-electron chi connectivity index (χ3n) is 3.17. The van der Waals surface area contributed by atoms with Gasteiger partial charge in [-0.1, -0.05) is 24.3 Å². The Morgan fingerprint density at radius 3 is 2.48 bits per heavy atom. The molecule has 0 aliphatic carbocycles. The topological polar surface area (TPSA) is 83.4 Å². The molecule has 0 saturated carbocycles. The van der Waals surface area contributed by atoms with Crippen LogP contribution in [0.5, 0.6) is 0 Å². The summed E-state index contributed by atoms with van der Waals surface area (Å²) in [6, 6.07) is 10.6. The zero-order chi connectivity index (χ0) is 16.3. The van der Waals surface area contributed by atoms with Gasteiger partial charge in [0.15, 0.2) is 0 Å². The van der Waals surface area contributed by atoms with Gasteiger partial charge in [0.1, 0.15) is 5.01 Å². The first-order valence-electron chi connectivity index (χ1n) is 6.68. The Morgan fingerprint density at radius 2 is 1.91 bits per heavy atom. The highest BCUT2D eigenvalue weighted by atomic mass is 32.2. The lowest BCUT2D eigenvalue weighted by atomic mass is 10.1. The van der Waals surface area contributed by atoms with Crippen molar-refractivity contribution in [1.82, 2.24) is 9.97 Å². The second-order valence-electron chi connectivity index (χ2n) is 4.73. The molecule has 0 spiro atoms. The highest BCUT2D eigenvalue weighted by Gasteiger charge is 2.20. The number of rotatable bonds is 5. The Bertz CT molecular complexity index is 864. The quantitative estimate of drug-likeness (QED) is 0.717. The van der Waals surface area contributed by atoms with Crippen LogP contribution in [-0.4, -0.2) is 22.9 Å². The number of pyridine rings is 1. The molecular formula is C15H13N3O3S2. The summed E-state index contributed by atoms with van der Waals surface area (Å²) in [5, 5.41) is 2.79. The maximum atomic E-state index is 11.6. The minimum atomic E-state index is -4.39. The van der Waals surface area contributed by atoms with Gasteiger partial charge in [-0.3, -0.25) is 9.54 Å². The molecule has 0 atom stereocenters. The van der Waals surface area contributed by atoms with Crippen LogP contribution >= 0.6 is 11.3 Å². The zero-order valence-corrected chi connectivity index (χ0v) is 13.5. The van der Waals surface area contributed by atoms with Crippen LogP contribution in [0.25, 0.3) is 10.6 Å². The van der Waals surface area contributed by atoms with E-state index in [0.29, 0.717) is 5.69 Å². The fourth-order valence-corrected chi connectivity index (χ4v) is 3.42. The van der Waals surface area contributed by atoms with Crippen molar-refractivity contribution < 1.29 is 13.0 Å². The van der Waals surface area contributed by atoms with Crippen LogP contribution in [0.15, 0.2) is 60.4 Å². The second-order valence-corrected chi connectivity index (χ2v) is 6.96. The van der Waals surface area contributed by atoms with E-state index in [1.54, 1.807) is 18.3 Å². The molecule has 3 rings (SSSR count). The SMILES string of the molecule is O=S(=O)(O)N(Cc1ccc(-c2nccs2)cc1)c1cccnc1. The van der Waals surface area contributed by atoms with Crippen LogP contribution in [0.4, 0.5) is 5.69 Å². The van der Waals surface area contributed by atoms with Gasteiger partial charge in [0.05, 0.1) is 18.4 Å². The van der Waals surface area contributed by atoms with Crippen LogP contribution in [0.3, 0.4) is 0 Å². The van der Waals surface area contributed by atoms with Gasteiger partial charge in [0.25, 0.3) is 0 Å². The molecule has 2 heterocycles. The van der Waals surface area contributed by atoms with E-state index in [9.17, 15) is 13.0 Å². The Morgan fingerprint density at radius 1 is 1.13 bits per heavy atom. The molecule has 3 aromatic rings. The predicted octanol–water partition coefficient (Wildman–Crippen LogP) is 3.01. The second kappa shape index (κ2) is 6.45. The van der Waals surface area contributed by atoms with E-state index < -0.39 is 10.3 Å². The van der Waals surface area contributed by atoms with Gasteiger partial charge >= 0.3 is 10.3 Å². The van der Waals surface area contributed by atoms with Gasteiger partial charge in [-0.05, 0) is 17.7 Å². The summed E-state index contributed by atoms with van der Waals surface area (Å²) in [6.45, 7) is 0.0165. The van der Waals surface area contributed by atoms with Crippen LogP contribution < -0.4 is 4.31 Å². The molecule has 0 bridgehead atoms. The first-order valence-corrected chi connectivity index (χ1v) is 8.96. The van der Waals surface area contributed by atoms with E-state index >= 15 is 0 Å². The molecule has 0 unspecified atom stereocenters. The summed E-state index contributed by atoms with van der Waals surface area (Å²) in [7, 11) is -4.39. The first-order chi connectivity index (χ1) is 11.0. The standard InChI is InChI=1S/C15H13N3O3S2/c19-23(20,21)18(14-2-1-7-16-10-14)11-12-3-5-13(6-4-12)15-17-8-9-22-15/h1-10H,11H2,(H,19,20,21). The fraction of sp³-hybridized carbons (Fsp3) is 0.0667. The molecule has 1 aromatic carbocycles. The molecule has 0 aliphatic rings. The van der Waals surface area contributed by atoms with Crippen molar-refractivity contribution in [3.8, 4) is 10.6 Å². The van der Waals surface area contributed by atoms with Gasteiger partial charge in [0, 0.05) is 23.3 Å². The maximum Gasteiger partial charge on any atom is 0.360 e. The van der Waals surface area contributed by atoms with Gasteiger partial charge in [-0.2, -0.15) is 8.42 Å². The van der Waals surface area contributed by atoms with E-state index in [2.05, 4.69) is 9.97 Å². The van der Waals surface area contributed by atoms with Crippen molar-refractivity contribution in [3.05, 3.63) is 65.9 Å². The highest BCUT2D eigenvalue weighted by molar-refractivity contribution is 7.87. The summed E-state index contributed by atoms with van der Waals surface area (Å²) in [5.74, 6) is 0. The lowest BCUT2D eigenvalue weighted by molar-refractivity contribution is 0.477. The molecule has 0 amide bonds. The van der Waals surface area contributed by atoms with Gasteiger partial charge in [-0.15, -0.1) is 11.3 Å². The van der Waals surface area contributed by atoms with Crippen molar-refractivity contribution in [2.24, 2.45) is 0 Å². The Balaban J connectivity index is 1.86. The molecule has 1 N–H and O–H groups in total. The minimum absolute atomic E-state index is 0.0165. The lowest BCUT2D eigenvalue weighted by Gasteiger charge is -2.20. The summed E-state index contributed by atoms with van der Waals surface area (Å²) in [6.07, 6.45) is 4.66. The van der Waals surface area contributed by atoms with Crippen molar-refractivity contribution in [3.63, 3.8) is 0 Å². The Kier molecular flexibility index (Phi) is 4.37. The minimum Gasteiger partial charge on any atom is -0.269 e. The van der Waals surface area contributed by atoms with Crippen molar-refractivity contribution in [2.75, 3.05) is 4.31 Å². The van der Waals surface area contributed by atoms with Crippen LogP contribution in [0.1, 0.15) is 5.56 Å². The molecule has 0 aliphatic heterocycles. The molecule has 2 aromatic heterocycles. The van der Waals surface area contributed by atoms with Gasteiger partial charge in [0.2, 0.25) is 0 Å². The average molecular weight is 347 g/mol. The van der Waals surface area contributed by atoms with Crippen molar-refractivity contribution in [2.45, 2.75) is 6.54 Å². The molecule has 8 heteroatoms. The molecule has 118 valence electrons. The van der Waals surface area contributed by atoms with E-state index in [0.717, 1.165) is 20.4 Å². The number of anilines is 1. The number of nitrogens with zero attached hydrogens (tertiary/aromatic N) is 3. The molecule has 23 heavy (non-hydrogen) atoms. The summed E-state index contributed by atoms with van der Waals surface area (Å²) in [5.41, 5.74) is 2.01. The van der Waals surface area contributed by atoms with Gasteiger partial charge < -0.3 is 0 Å². The maximum absolute atomic E-state index is 11.6. The van der Waals surface area contributed by atoms with Crippen molar-refractivity contribution >= 4 is 27.3 Å². The largest absolute Gasteiger partial charge is 0.360 e. The van der Waals surface area contributed by atoms with E-state index in [-0.39, 0.29) is 6.54 Å². The van der Waals surface area contributed by atoms with Gasteiger partial charge in [-0.25, -0.2) is 9.29 Å². The Labute approximate surface area is 138 Å². The summed E-state index contributed by atoms with van der Waals surface area (Å²) < 4.78 is 33.6. The number of hydrogen-bond donors (Lipinski definition) is 1. The number of benzene rings is 1. The van der Waals surface area contributed by atoms with E-state index in [1.165, 1.54) is 23.7 Å². The first kappa shape index (κ1) is 15.6. The smallest absolute Gasteiger partial charge is 0.269 e. The zero-order valence-electron chi connectivity index (χ0n) is 11.9. The third kappa shape index (κ3) is 3.73. The molecule has 6 nitrogen and oxygen atoms in total. The van der Waals surface area contributed by atoms with E-state index in [4.69, 9.17) is 0 Å². The monoisotopic (exact) mass is 347 g/mol. The average Bonchev–Trinajstić information content (AvgIpc) is 3.07. The molecule has 0 radical (unpaired) electrons. The lowest BCUT2D eigenvalue weighted by Crippen LogP contribution is -2.29. The number of thiazole rings is 1. The summed E-state index contributed by atoms with van der Waals surface area (Å²) in [4.78, 5) is 8.11. The number of hydrogen-bond acceptors (Lipinski definition) is 5. The van der Waals surface area contributed by atoms with Crippen LogP contribution in [-0.2, 0) is 16.8 Å². The normalized spacial score (nSPS) is 11.3. The summed E-state index contributed by atoms with van der Waals surface area (Å²) >= 11 is 1.53. The Hall–Kier alpha value is -2.29. The fourth-order valence-electron chi connectivity index (χ4n) is 2.09. The highest BCUT2D eigenvalue weighted by Crippen LogP contribution is 2.24. The van der Waals surface area contributed by atoms with Crippen LogP contribution in [0.2, 0.25) is 0 Å². The van der Waals surface area contributed by atoms with Crippen LogP contribution in [0, 0.1) is 0 Å².